The number of hydrogen-bond acceptors (Lipinski definition) is 6. The van der Waals surface area contributed by atoms with Crippen molar-refractivity contribution < 1.29 is 9.32 Å². The number of benzene rings is 1. The Morgan fingerprint density at radius 2 is 1.88 bits per heavy atom. The quantitative estimate of drug-likeness (QED) is 0.450. The Kier molecular flexibility index (Phi) is 6.21. The average Bonchev–Trinajstić information content (AvgIpc) is 3.39. The van der Waals surface area contributed by atoms with Gasteiger partial charge in [0.15, 0.2) is 5.76 Å². The van der Waals surface area contributed by atoms with Crippen LogP contribution in [0.2, 0.25) is 0 Å². The van der Waals surface area contributed by atoms with Gasteiger partial charge in [0, 0.05) is 35.0 Å². The smallest absolute Gasteiger partial charge is 0.255 e. The molecule has 3 heterocycles. The summed E-state index contributed by atoms with van der Waals surface area (Å²) in [6, 6.07) is 11.5. The standard InChI is InChI=1S/C24H26N6O3/c1-14-15(2)26-24(27-23(14)32)30-17(4)20(16(3)28-30)10-11-22(31)25-13-19-12-21(33-29-19)18-8-6-5-7-9-18/h5-9,12H,10-11,13H2,1-4H3,(H,25,31)(H,26,27,32). The van der Waals surface area contributed by atoms with Gasteiger partial charge in [0.05, 0.1) is 12.2 Å². The van der Waals surface area contributed by atoms with Crippen molar-refractivity contribution in [2.45, 2.75) is 47.1 Å². The lowest BCUT2D eigenvalue weighted by molar-refractivity contribution is -0.121. The van der Waals surface area contributed by atoms with Crippen molar-refractivity contribution in [2.24, 2.45) is 0 Å². The van der Waals surface area contributed by atoms with Gasteiger partial charge in [-0.05, 0) is 39.7 Å². The molecule has 0 atom stereocenters. The minimum Gasteiger partial charge on any atom is -0.356 e. The van der Waals surface area contributed by atoms with Crippen LogP contribution in [-0.4, -0.2) is 30.8 Å². The summed E-state index contributed by atoms with van der Waals surface area (Å²) in [6.45, 7) is 7.61. The van der Waals surface area contributed by atoms with E-state index < -0.39 is 0 Å². The lowest BCUT2D eigenvalue weighted by atomic mass is 10.1. The number of H-pyrrole nitrogens is 1. The molecule has 1 aromatic carbocycles. The van der Waals surface area contributed by atoms with Crippen LogP contribution in [0.5, 0.6) is 0 Å². The molecule has 0 saturated heterocycles. The predicted octanol–water partition coefficient (Wildman–Crippen LogP) is 3.09. The number of carbonyl (C=O) groups excluding carboxylic acids is 1. The van der Waals surface area contributed by atoms with Gasteiger partial charge in [0.2, 0.25) is 11.9 Å². The minimum atomic E-state index is -0.186. The molecule has 0 aliphatic rings. The molecule has 0 aliphatic carbocycles. The highest BCUT2D eigenvalue weighted by Gasteiger charge is 2.17. The molecule has 0 unspecified atom stereocenters. The van der Waals surface area contributed by atoms with E-state index in [4.69, 9.17) is 4.52 Å². The number of nitrogens with one attached hydrogen (secondary N) is 2. The van der Waals surface area contributed by atoms with Crippen molar-refractivity contribution in [3.63, 3.8) is 0 Å². The van der Waals surface area contributed by atoms with Crippen LogP contribution in [0.15, 0.2) is 45.7 Å². The molecule has 9 heteroatoms. The first-order valence-electron chi connectivity index (χ1n) is 10.7. The van der Waals surface area contributed by atoms with Crippen molar-refractivity contribution in [2.75, 3.05) is 0 Å². The van der Waals surface area contributed by atoms with Gasteiger partial charge in [-0.25, -0.2) is 9.67 Å². The number of carbonyl (C=O) groups is 1. The van der Waals surface area contributed by atoms with Crippen LogP contribution in [0.4, 0.5) is 0 Å². The van der Waals surface area contributed by atoms with Gasteiger partial charge in [-0.2, -0.15) is 5.10 Å². The van der Waals surface area contributed by atoms with Gasteiger partial charge >= 0.3 is 0 Å². The molecule has 2 N–H and O–H groups in total. The summed E-state index contributed by atoms with van der Waals surface area (Å²) >= 11 is 0. The van der Waals surface area contributed by atoms with E-state index in [1.807, 2.05) is 50.2 Å². The highest BCUT2D eigenvalue weighted by atomic mass is 16.5. The lowest BCUT2D eigenvalue weighted by Crippen LogP contribution is -2.23. The van der Waals surface area contributed by atoms with E-state index in [1.54, 1.807) is 18.5 Å². The molecule has 0 spiro atoms. The number of hydrogen-bond donors (Lipinski definition) is 2. The Morgan fingerprint density at radius 1 is 1.12 bits per heavy atom. The molecule has 0 bridgehead atoms. The highest BCUT2D eigenvalue weighted by molar-refractivity contribution is 5.76. The molecule has 0 saturated carbocycles. The molecular formula is C24H26N6O3. The van der Waals surface area contributed by atoms with Gasteiger partial charge in [0.1, 0.15) is 5.69 Å². The Balaban J connectivity index is 1.38. The van der Waals surface area contributed by atoms with Crippen molar-refractivity contribution in [1.29, 1.82) is 0 Å². The molecule has 33 heavy (non-hydrogen) atoms. The molecule has 4 rings (SSSR count). The van der Waals surface area contributed by atoms with Crippen LogP contribution >= 0.6 is 0 Å². The number of aromatic nitrogens is 5. The first kappa shape index (κ1) is 22.2. The van der Waals surface area contributed by atoms with E-state index in [-0.39, 0.29) is 11.5 Å². The Hall–Kier alpha value is -4.01. The predicted molar refractivity (Wildman–Crippen MR) is 123 cm³/mol. The summed E-state index contributed by atoms with van der Waals surface area (Å²) in [5.74, 6) is 0.944. The largest absolute Gasteiger partial charge is 0.356 e. The normalized spacial score (nSPS) is 11.0. The fourth-order valence-corrected chi connectivity index (χ4v) is 3.62. The minimum absolute atomic E-state index is 0.0940. The van der Waals surface area contributed by atoms with E-state index >= 15 is 0 Å². The molecule has 0 fully saturated rings. The van der Waals surface area contributed by atoms with Crippen LogP contribution < -0.4 is 10.9 Å². The SMILES string of the molecule is Cc1nn(-c2nc(C)c(C)c(=O)[nH]2)c(C)c1CCC(=O)NCc1cc(-c2ccccc2)on1. The molecule has 0 aliphatic heterocycles. The maximum Gasteiger partial charge on any atom is 0.255 e. The first-order chi connectivity index (χ1) is 15.8. The van der Waals surface area contributed by atoms with Crippen LogP contribution in [0.3, 0.4) is 0 Å². The third-order valence-electron chi connectivity index (χ3n) is 5.71. The summed E-state index contributed by atoms with van der Waals surface area (Å²) in [5, 5.41) is 11.4. The summed E-state index contributed by atoms with van der Waals surface area (Å²) < 4.78 is 6.99. The highest BCUT2D eigenvalue weighted by Crippen LogP contribution is 2.20. The van der Waals surface area contributed by atoms with Gasteiger partial charge in [0.25, 0.3) is 5.56 Å². The lowest BCUT2D eigenvalue weighted by Gasteiger charge is -2.07. The zero-order valence-corrected chi connectivity index (χ0v) is 19.1. The van der Waals surface area contributed by atoms with E-state index in [1.165, 1.54) is 0 Å². The van der Waals surface area contributed by atoms with Crippen molar-refractivity contribution in [3.05, 3.63) is 80.7 Å². The Morgan fingerprint density at radius 3 is 2.61 bits per heavy atom. The summed E-state index contributed by atoms with van der Waals surface area (Å²) in [4.78, 5) is 31.8. The fraction of sp³-hybridized carbons (Fsp3) is 0.292. The van der Waals surface area contributed by atoms with Crippen LogP contribution in [0.1, 0.15) is 40.3 Å². The number of nitrogens with zero attached hydrogens (tertiary/aromatic N) is 4. The Bertz CT molecular complexity index is 1350. The number of rotatable bonds is 7. The molecule has 9 nitrogen and oxygen atoms in total. The summed E-state index contributed by atoms with van der Waals surface area (Å²) in [7, 11) is 0. The number of aryl methyl sites for hydroxylation is 2. The van der Waals surface area contributed by atoms with Crippen molar-refractivity contribution in [3.8, 4) is 17.3 Å². The van der Waals surface area contributed by atoms with E-state index in [0.717, 1.165) is 22.5 Å². The van der Waals surface area contributed by atoms with E-state index in [9.17, 15) is 9.59 Å². The third-order valence-corrected chi connectivity index (χ3v) is 5.71. The zero-order valence-electron chi connectivity index (χ0n) is 19.1. The van der Waals surface area contributed by atoms with Gasteiger partial charge in [-0.3, -0.25) is 14.6 Å². The summed E-state index contributed by atoms with van der Waals surface area (Å²) in [6.07, 6.45) is 0.820. The maximum absolute atomic E-state index is 12.4. The van der Waals surface area contributed by atoms with Gasteiger partial charge < -0.3 is 9.84 Å². The monoisotopic (exact) mass is 446 g/mol. The zero-order chi connectivity index (χ0) is 23.5. The van der Waals surface area contributed by atoms with E-state index in [0.29, 0.717) is 48.0 Å². The van der Waals surface area contributed by atoms with Gasteiger partial charge in [-0.1, -0.05) is 35.5 Å². The first-order valence-corrected chi connectivity index (χ1v) is 10.7. The second-order valence-electron chi connectivity index (χ2n) is 7.99. The third kappa shape index (κ3) is 4.77. The maximum atomic E-state index is 12.4. The molecule has 170 valence electrons. The topological polar surface area (TPSA) is 119 Å². The fourth-order valence-electron chi connectivity index (χ4n) is 3.62. The van der Waals surface area contributed by atoms with Crippen molar-refractivity contribution >= 4 is 5.91 Å². The van der Waals surface area contributed by atoms with E-state index in [2.05, 4.69) is 25.5 Å². The molecule has 0 radical (unpaired) electrons. The molecular weight excluding hydrogens is 420 g/mol. The molecule has 3 aromatic heterocycles. The molecule has 4 aromatic rings. The second-order valence-corrected chi connectivity index (χ2v) is 7.99. The number of amides is 1. The average molecular weight is 447 g/mol. The van der Waals surface area contributed by atoms with Crippen LogP contribution in [0, 0.1) is 27.7 Å². The number of aromatic amines is 1. The van der Waals surface area contributed by atoms with Crippen LogP contribution in [-0.2, 0) is 17.8 Å². The summed E-state index contributed by atoms with van der Waals surface area (Å²) in [5.41, 5.74) is 5.25. The second kappa shape index (κ2) is 9.23. The van der Waals surface area contributed by atoms with Crippen LogP contribution in [0.25, 0.3) is 17.3 Å². The molecule has 1 amide bonds. The van der Waals surface area contributed by atoms with Gasteiger partial charge in [-0.15, -0.1) is 0 Å². The van der Waals surface area contributed by atoms with Crippen molar-refractivity contribution in [1.82, 2.24) is 30.2 Å². The Labute approximate surface area is 190 Å².